The second kappa shape index (κ2) is 5.38. The largest absolute Gasteiger partial charge is 0.444 e. The molecule has 0 saturated carbocycles. The third-order valence-corrected chi connectivity index (χ3v) is 4.66. The zero-order valence-electron chi connectivity index (χ0n) is 11.6. The van der Waals surface area contributed by atoms with Crippen molar-refractivity contribution in [3.8, 4) is 11.5 Å². The number of sulfone groups is 1. The average molecular weight is 321 g/mol. The maximum absolute atomic E-state index is 12.9. The summed E-state index contributed by atoms with van der Waals surface area (Å²) in [7, 11) is -2.00. The number of benzene rings is 1. The first-order chi connectivity index (χ1) is 10.5. The van der Waals surface area contributed by atoms with E-state index in [0.29, 0.717) is 5.56 Å². The zero-order chi connectivity index (χ0) is 15.7. The molecule has 0 aliphatic carbocycles. The minimum Gasteiger partial charge on any atom is -0.444 e. The van der Waals surface area contributed by atoms with Crippen molar-refractivity contribution in [1.82, 2.24) is 14.5 Å². The van der Waals surface area contributed by atoms with Gasteiger partial charge in [0.1, 0.15) is 17.8 Å². The highest BCUT2D eigenvalue weighted by Crippen LogP contribution is 2.21. The van der Waals surface area contributed by atoms with Crippen LogP contribution in [0.5, 0.6) is 0 Å². The van der Waals surface area contributed by atoms with E-state index in [4.69, 9.17) is 4.42 Å². The number of hydrogen-bond acceptors (Lipinski definition) is 5. The first-order valence-corrected chi connectivity index (χ1v) is 8.01. The van der Waals surface area contributed by atoms with Crippen molar-refractivity contribution >= 4 is 9.84 Å². The van der Waals surface area contributed by atoms with Crippen molar-refractivity contribution in [2.45, 2.75) is 10.9 Å². The maximum atomic E-state index is 12.9. The molecule has 0 radical (unpaired) electrons. The third-order valence-electron chi connectivity index (χ3n) is 3.04. The second-order valence-corrected chi connectivity index (χ2v) is 6.61. The zero-order valence-corrected chi connectivity index (χ0v) is 12.4. The molecule has 0 fully saturated rings. The van der Waals surface area contributed by atoms with E-state index in [1.807, 2.05) is 0 Å². The molecule has 114 valence electrons. The molecule has 0 spiro atoms. The van der Waals surface area contributed by atoms with Crippen LogP contribution in [-0.4, -0.2) is 23.0 Å². The van der Waals surface area contributed by atoms with E-state index in [9.17, 15) is 12.8 Å². The summed E-state index contributed by atoms with van der Waals surface area (Å²) >= 11 is 0. The van der Waals surface area contributed by atoms with Gasteiger partial charge in [0.25, 0.3) is 0 Å². The van der Waals surface area contributed by atoms with Gasteiger partial charge < -0.3 is 8.98 Å². The summed E-state index contributed by atoms with van der Waals surface area (Å²) < 4.78 is 44.1. The van der Waals surface area contributed by atoms with Crippen LogP contribution in [0.25, 0.3) is 11.5 Å². The van der Waals surface area contributed by atoms with E-state index >= 15 is 0 Å². The molecule has 0 amide bonds. The molecule has 0 unspecified atom stereocenters. The standard InChI is InChI=1S/C14H12FN3O3S/c1-18-7-6-16-14(18)22(19,20)9-12-8-21-13(17-12)10-2-4-11(15)5-3-10/h2-8H,9H2,1H3. The van der Waals surface area contributed by atoms with Crippen LogP contribution in [0.4, 0.5) is 4.39 Å². The number of aromatic nitrogens is 3. The molecule has 0 saturated heterocycles. The Bertz CT molecular complexity index is 898. The lowest BCUT2D eigenvalue weighted by Gasteiger charge is -2.01. The minimum absolute atomic E-state index is 0.0289. The van der Waals surface area contributed by atoms with Crippen molar-refractivity contribution in [1.29, 1.82) is 0 Å². The lowest BCUT2D eigenvalue weighted by Crippen LogP contribution is -2.11. The number of hydrogen-bond donors (Lipinski definition) is 0. The molecular formula is C14H12FN3O3S. The van der Waals surface area contributed by atoms with E-state index in [1.54, 1.807) is 13.2 Å². The van der Waals surface area contributed by atoms with Gasteiger partial charge in [-0.2, -0.15) is 0 Å². The van der Waals surface area contributed by atoms with E-state index in [2.05, 4.69) is 9.97 Å². The van der Waals surface area contributed by atoms with Crippen LogP contribution in [-0.2, 0) is 22.6 Å². The molecule has 3 rings (SSSR count). The normalized spacial score (nSPS) is 11.7. The van der Waals surface area contributed by atoms with Crippen LogP contribution in [0.1, 0.15) is 5.69 Å². The molecule has 2 heterocycles. The summed E-state index contributed by atoms with van der Waals surface area (Å²) in [5, 5.41) is -0.0289. The number of halogens is 1. The lowest BCUT2D eigenvalue weighted by molar-refractivity contribution is 0.568. The maximum Gasteiger partial charge on any atom is 0.227 e. The fourth-order valence-electron chi connectivity index (χ4n) is 2.01. The summed E-state index contributed by atoms with van der Waals surface area (Å²) in [4.78, 5) is 7.96. The molecule has 6 nitrogen and oxygen atoms in total. The van der Waals surface area contributed by atoms with Gasteiger partial charge in [0.2, 0.25) is 20.9 Å². The Morgan fingerprint density at radius 3 is 2.64 bits per heavy atom. The Hall–Kier alpha value is -2.48. The van der Waals surface area contributed by atoms with Crippen molar-refractivity contribution in [2.24, 2.45) is 7.05 Å². The van der Waals surface area contributed by atoms with Crippen molar-refractivity contribution in [2.75, 3.05) is 0 Å². The minimum atomic E-state index is -3.61. The predicted octanol–water partition coefficient (Wildman–Crippen LogP) is 2.19. The summed E-state index contributed by atoms with van der Waals surface area (Å²) in [6.07, 6.45) is 4.25. The average Bonchev–Trinajstić information content (AvgIpc) is 3.08. The number of rotatable bonds is 4. The van der Waals surface area contributed by atoms with E-state index < -0.39 is 9.84 Å². The fraction of sp³-hybridized carbons (Fsp3) is 0.143. The molecule has 0 aliphatic rings. The van der Waals surface area contributed by atoms with Crippen LogP contribution in [0.3, 0.4) is 0 Å². The number of imidazole rings is 1. The third kappa shape index (κ3) is 2.77. The van der Waals surface area contributed by atoms with E-state index in [-0.39, 0.29) is 28.3 Å². The van der Waals surface area contributed by atoms with Gasteiger partial charge in [-0.3, -0.25) is 0 Å². The van der Waals surface area contributed by atoms with Gasteiger partial charge >= 0.3 is 0 Å². The van der Waals surface area contributed by atoms with Gasteiger partial charge in [-0.1, -0.05) is 0 Å². The van der Waals surface area contributed by atoms with Gasteiger partial charge in [0.05, 0.1) is 5.69 Å². The monoisotopic (exact) mass is 321 g/mol. The van der Waals surface area contributed by atoms with Crippen molar-refractivity contribution < 1.29 is 17.2 Å². The Labute approximate surface area is 126 Å². The number of nitrogens with zero attached hydrogens (tertiary/aromatic N) is 3. The van der Waals surface area contributed by atoms with Gasteiger partial charge in [-0.15, -0.1) is 0 Å². The van der Waals surface area contributed by atoms with E-state index in [0.717, 1.165) is 0 Å². The topological polar surface area (TPSA) is 78.0 Å². The quantitative estimate of drug-likeness (QED) is 0.736. The highest BCUT2D eigenvalue weighted by molar-refractivity contribution is 7.90. The summed E-state index contributed by atoms with van der Waals surface area (Å²) in [5.74, 6) is -0.444. The molecular weight excluding hydrogens is 309 g/mol. The molecule has 2 aromatic heterocycles. The fourth-order valence-corrected chi connectivity index (χ4v) is 3.38. The Morgan fingerprint density at radius 1 is 1.27 bits per heavy atom. The van der Waals surface area contributed by atoms with Crippen LogP contribution in [0.15, 0.2) is 52.5 Å². The predicted molar refractivity (Wildman–Crippen MR) is 76.0 cm³/mol. The lowest BCUT2D eigenvalue weighted by atomic mass is 10.2. The van der Waals surface area contributed by atoms with E-state index in [1.165, 1.54) is 41.3 Å². The van der Waals surface area contributed by atoms with Crippen LogP contribution in [0, 0.1) is 5.82 Å². The number of oxazole rings is 1. The SMILES string of the molecule is Cn1ccnc1S(=O)(=O)Cc1coc(-c2ccc(F)cc2)n1. The first kappa shape index (κ1) is 14.5. The molecule has 0 bridgehead atoms. The molecule has 0 aliphatic heterocycles. The highest BCUT2D eigenvalue weighted by atomic mass is 32.2. The van der Waals surface area contributed by atoms with Crippen molar-refractivity contribution in [3.05, 3.63) is 54.4 Å². The second-order valence-electron chi connectivity index (χ2n) is 4.73. The summed E-state index contributed by atoms with van der Waals surface area (Å²) in [5.41, 5.74) is 0.837. The Morgan fingerprint density at radius 2 is 2.00 bits per heavy atom. The molecule has 0 atom stereocenters. The van der Waals surface area contributed by atoms with Crippen LogP contribution >= 0.6 is 0 Å². The number of aryl methyl sites for hydroxylation is 1. The highest BCUT2D eigenvalue weighted by Gasteiger charge is 2.22. The smallest absolute Gasteiger partial charge is 0.227 e. The van der Waals surface area contributed by atoms with Gasteiger partial charge in [-0.05, 0) is 24.3 Å². The van der Waals surface area contributed by atoms with Gasteiger partial charge in [0.15, 0.2) is 0 Å². The molecule has 3 aromatic rings. The van der Waals surface area contributed by atoms with Gasteiger partial charge in [-0.25, -0.2) is 22.8 Å². The summed E-state index contributed by atoms with van der Waals surface area (Å²) in [6.45, 7) is 0. The summed E-state index contributed by atoms with van der Waals surface area (Å²) in [6, 6.07) is 5.59. The molecule has 0 N–H and O–H groups in total. The Balaban J connectivity index is 1.86. The Kier molecular flexibility index (Phi) is 3.53. The van der Waals surface area contributed by atoms with Crippen LogP contribution in [0.2, 0.25) is 0 Å². The first-order valence-electron chi connectivity index (χ1n) is 6.36. The van der Waals surface area contributed by atoms with Gasteiger partial charge in [0, 0.05) is 25.0 Å². The van der Waals surface area contributed by atoms with Crippen molar-refractivity contribution in [3.63, 3.8) is 0 Å². The molecule has 1 aromatic carbocycles. The van der Waals surface area contributed by atoms with Crippen LogP contribution < -0.4 is 0 Å². The molecule has 8 heteroatoms. The molecule has 22 heavy (non-hydrogen) atoms.